The van der Waals surface area contributed by atoms with Crippen molar-refractivity contribution in [3.05, 3.63) is 26.6 Å². The second-order valence-electron chi connectivity index (χ2n) is 2.79. The molecule has 1 rings (SSSR count). The van der Waals surface area contributed by atoms with Crippen LogP contribution in [0.5, 0.6) is 0 Å². The Balaban J connectivity index is 3.48. The molecule has 0 radical (unpaired) electrons. The molecule has 0 unspecified atom stereocenters. The summed E-state index contributed by atoms with van der Waals surface area (Å²) in [4.78, 5) is 15.2. The van der Waals surface area contributed by atoms with Gasteiger partial charge in [0.15, 0.2) is 0 Å². The van der Waals surface area contributed by atoms with Crippen LogP contribution in [0.15, 0.2) is 6.20 Å². The molecule has 0 saturated carbocycles. The minimum absolute atomic E-state index is 0.0712. The lowest BCUT2D eigenvalue weighted by atomic mass is 10.1. The van der Waals surface area contributed by atoms with Gasteiger partial charge in [0, 0.05) is 17.6 Å². The topological polar surface area (TPSA) is 39.2 Å². The molecule has 0 aliphatic heterocycles. The highest BCUT2D eigenvalue weighted by molar-refractivity contribution is 14.1. The van der Waals surface area contributed by atoms with Crippen molar-refractivity contribution in [3.8, 4) is 0 Å². The van der Waals surface area contributed by atoms with E-state index in [0.717, 1.165) is 7.11 Å². The molecule has 0 atom stereocenters. The fraction of sp³-hybridized carbons (Fsp3) is 0.333. The van der Waals surface area contributed by atoms with Crippen molar-refractivity contribution in [2.75, 3.05) is 7.11 Å². The van der Waals surface area contributed by atoms with Crippen LogP contribution in [0, 0.1) is 3.70 Å². The third kappa shape index (κ3) is 2.60. The van der Waals surface area contributed by atoms with Crippen molar-refractivity contribution in [2.24, 2.45) is 0 Å². The van der Waals surface area contributed by atoms with Crippen molar-refractivity contribution in [3.63, 3.8) is 0 Å². The first-order valence-corrected chi connectivity index (χ1v) is 5.74. The molecule has 16 heavy (non-hydrogen) atoms. The maximum absolute atomic E-state index is 12.8. The molecule has 1 aromatic heterocycles. The lowest BCUT2D eigenvalue weighted by molar-refractivity contribution is 0.0587. The number of esters is 1. The monoisotopic (exact) mass is 361 g/mol. The van der Waals surface area contributed by atoms with Gasteiger partial charge in [0.1, 0.15) is 3.70 Å². The highest BCUT2D eigenvalue weighted by atomic mass is 127. The van der Waals surface area contributed by atoms with Crippen molar-refractivity contribution in [1.29, 1.82) is 0 Å². The van der Waals surface area contributed by atoms with Gasteiger partial charge in [-0.2, -0.15) is 0 Å². The Morgan fingerprint density at radius 1 is 1.69 bits per heavy atom. The molecule has 0 aliphatic carbocycles. The maximum Gasteiger partial charge on any atom is 0.338 e. The van der Waals surface area contributed by atoms with Gasteiger partial charge >= 0.3 is 5.97 Å². The molecule has 88 valence electrons. The molecule has 0 saturated heterocycles. The van der Waals surface area contributed by atoms with E-state index < -0.39 is 18.0 Å². The molecule has 7 heteroatoms. The summed E-state index contributed by atoms with van der Waals surface area (Å²) < 4.78 is 30.1. The van der Waals surface area contributed by atoms with Crippen molar-refractivity contribution in [2.45, 2.75) is 12.3 Å². The van der Waals surface area contributed by atoms with Gasteiger partial charge in [-0.1, -0.05) is 0 Å². The van der Waals surface area contributed by atoms with E-state index in [0.29, 0.717) is 0 Å². The number of rotatable bonds is 3. The standard InChI is InChI=1S/C9H7ClF2INO2/c1-16-9(15)5-4(2-10)3-14-8(13)6(5)7(11)12/h3,7H,2H2,1H3. The minimum Gasteiger partial charge on any atom is -0.465 e. The SMILES string of the molecule is COC(=O)c1c(CCl)cnc(I)c1C(F)F. The number of hydrogen-bond acceptors (Lipinski definition) is 3. The van der Waals surface area contributed by atoms with E-state index in [1.54, 1.807) is 22.6 Å². The van der Waals surface area contributed by atoms with Crippen LogP contribution in [0.25, 0.3) is 0 Å². The summed E-state index contributed by atoms with van der Waals surface area (Å²) >= 11 is 7.21. The quantitative estimate of drug-likeness (QED) is 0.359. The Kier molecular flexibility index (Phi) is 4.85. The van der Waals surface area contributed by atoms with Crippen LogP contribution in [-0.2, 0) is 10.6 Å². The number of carbonyl (C=O) groups excluding carboxylic acids is 1. The fourth-order valence-electron chi connectivity index (χ4n) is 1.19. The molecule has 0 aromatic carbocycles. The fourth-order valence-corrected chi connectivity index (χ4v) is 2.04. The summed E-state index contributed by atoms with van der Waals surface area (Å²) in [6, 6.07) is 0. The highest BCUT2D eigenvalue weighted by Gasteiger charge is 2.25. The first-order chi connectivity index (χ1) is 7.52. The second-order valence-corrected chi connectivity index (χ2v) is 4.08. The number of methoxy groups -OCH3 is 1. The van der Waals surface area contributed by atoms with E-state index in [1.807, 2.05) is 0 Å². The molecule has 3 nitrogen and oxygen atoms in total. The molecular formula is C9H7ClF2INO2. The zero-order valence-corrected chi connectivity index (χ0v) is 11.1. The number of aromatic nitrogens is 1. The van der Waals surface area contributed by atoms with Gasteiger partial charge in [0.25, 0.3) is 6.43 Å². The molecule has 0 amide bonds. The van der Waals surface area contributed by atoms with Gasteiger partial charge < -0.3 is 4.74 Å². The maximum atomic E-state index is 12.8. The minimum atomic E-state index is -2.79. The summed E-state index contributed by atoms with van der Waals surface area (Å²) in [5.41, 5.74) is -0.373. The number of pyridine rings is 1. The summed E-state index contributed by atoms with van der Waals surface area (Å²) in [5, 5.41) is 0. The highest BCUT2D eigenvalue weighted by Crippen LogP contribution is 2.30. The lowest BCUT2D eigenvalue weighted by Crippen LogP contribution is -2.12. The van der Waals surface area contributed by atoms with Crippen LogP contribution in [0.2, 0.25) is 0 Å². The zero-order chi connectivity index (χ0) is 12.3. The number of alkyl halides is 3. The van der Waals surface area contributed by atoms with E-state index in [-0.39, 0.29) is 20.7 Å². The third-order valence-electron chi connectivity index (χ3n) is 1.90. The van der Waals surface area contributed by atoms with E-state index in [1.165, 1.54) is 6.20 Å². The second kappa shape index (κ2) is 5.72. The summed E-state index contributed by atoms with van der Waals surface area (Å²) in [6.07, 6.45) is -1.50. The van der Waals surface area contributed by atoms with Crippen LogP contribution in [-0.4, -0.2) is 18.1 Å². The molecule has 0 spiro atoms. The average molecular weight is 362 g/mol. The van der Waals surface area contributed by atoms with Crippen molar-refractivity contribution >= 4 is 40.2 Å². The van der Waals surface area contributed by atoms with Crippen LogP contribution >= 0.6 is 34.2 Å². The first kappa shape index (κ1) is 13.6. The number of ether oxygens (including phenoxy) is 1. The van der Waals surface area contributed by atoms with Gasteiger partial charge in [0.05, 0.1) is 18.2 Å². The van der Waals surface area contributed by atoms with E-state index in [2.05, 4.69) is 9.72 Å². The van der Waals surface area contributed by atoms with E-state index in [9.17, 15) is 13.6 Å². The van der Waals surface area contributed by atoms with Crippen LogP contribution in [0.1, 0.15) is 27.9 Å². The largest absolute Gasteiger partial charge is 0.465 e. The number of halogens is 4. The number of carbonyl (C=O) groups is 1. The first-order valence-electron chi connectivity index (χ1n) is 4.12. The van der Waals surface area contributed by atoms with Gasteiger partial charge in [-0.15, -0.1) is 11.6 Å². The third-order valence-corrected chi connectivity index (χ3v) is 3.05. The lowest BCUT2D eigenvalue weighted by Gasteiger charge is -2.12. The van der Waals surface area contributed by atoms with Crippen LogP contribution < -0.4 is 0 Å². The van der Waals surface area contributed by atoms with Gasteiger partial charge in [-0.05, 0) is 22.6 Å². The van der Waals surface area contributed by atoms with Crippen molar-refractivity contribution in [1.82, 2.24) is 4.98 Å². The Labute approximate surface area is 109 Å². The number of hydrogen-bond donors (Lipinski definition) is 0. The molecular weight excluding hydrogens is 354 g/mol. The Hall–Kier alpha value is -0.500. The van der Waals surface area contributed by atoms with Crippen LogP contribution in [0.3, 0.4) is 0 Å². The normalized spacial score (nSPS) is 10.6. The predicted molar refractivity (Wildman–Crippen MR) is 62.8 cm³/mol. The van der Waals surface area contributed by atoms with Gasteiger partial charge in [-0.3, -0.25) is 0 Å². The smallest absolute Gasteiger partial charge is 0.338 e. The average Bonchev–Trinajstić information content (AvgIpc) is 2.27. The predicted octanol–water partition coefficient (Wildman–Crippen LogP) is 3.15. The molecule has 0 bridgehead atoms. The molecule has 1 heterocycles. The molecule has 0 aliphatic rings. The van der Waals surface area contributed by atoms with Crippen LogP contribution in [0.4, 0.5) is 8.78 Å². The van der Waals surface area contributed by atoms with Crippen molar-refractivity contribution < 1.29 is 18.3 Å². The Morgan fingerprint density at radius 3 is 2.75 bits per heavy atom. The van der Waals surface area contributed by atoms with E-state index >= 15 is 0 Å². The molecule has 1 aromatic rings. The number of nitrogens with zero attached hydrogens (tertiary/aromatic N) is 1. The Morgan fingerprint density at radius 2 is 2.31 bits per heavy atom. The van der Waals surface area contributed by atoms with E-state index in [4.69, 9.17) is 11.6 Å². The van der Waals surface area contributed by atoms with Gasteiger partial charge in [-0.25, -0.2) is 18.6 Å². The van der Waals surface area contributed by atoms with Gasteiger partial charge in [0.2, 0.25) is 0 Å². The zero-order valence-electron chi connectivity index (χ0n) is 8.14. The summed E-state index contributed by atoms with van der Waals surface area (Å²) in [6.45, 7) is 0. The molecule has 0 N–H and O–H groups in total. The summed E-state index contributed by atoms with van der Waals surface area (Å²) in [7, 11) is 1.13. The summed E-state index contributed by atoms with van der Waals surface area (Å²) in [5.74, 6) is -0.903. The Bertz CT molecular complexity index is 415. The molecule has 0 fully saturated rings.